The minimum absolute atomic E-state index is 0.0568. The van der Waals surface area contributed by atoms with Gasteiger partial charge in [0.05, 0.1) is 6.42 Å². The average molecular weight is 323 g/mol. The Kier molecular flexibility index (Phi) is 5.55. The summed E-state index contributed by atoms with van der Waals surface area (Å²) < 4.78 is 9.87. The molecule has 0 spiro atoms. The van der Waals surface area contributed by atoms with Crippen LogP contribution in [0, 0.1) is 6.92 Å². The maximum Gasteiger partial charge on any atom is 0.307 e. The van der Waals surface area contributed by atoms with E-state index in [1.807, 2.05) is 0 Å². The Morgan fingerprint density at radius 3 is 2.68 bits per heavy atom. The van der Waals surface area contributed by atoms with Crippen molar-refractivity contribution in [2.75, 3.05) is 6.54 Å². The minimum atomic E-state index is -0.419. The number of esters is 1. The van der Waals surface area contributed by atoms with E-state index in [0.29, 0.717) is 22.0 Å². The van der Waals surface area contributed by atoms with E-state index in [-0.39, 0.29) is 25.5 Å². The summed E-state index contributed by atoms with van der Waals surface area (Å²) in [5, 5.41) is 6.90. The van der Waals surface area contributed by atoms with Crippen LogP contribution in [0.25, 0.3) is 0 Å². The Morgan fingerprint density at radius 1 is 1.32 bits per heavy atom. The summed E-state index contributed by atoms with van der Waals surface area (Å²) in [4.78, 5) is 23.3. The Labute approximate surface area is 132 Å². The van der Waals surface area contributed by atoms with Crippen LogP contribution in [0.15, 0.2) is 34.9 Å². The van der Waals surface area contributed by atoms with Gasteiger partial charge >= 0.3 is 5.97 Å². The van der Waals surface area contributed by atoms with Crippen LogP contribution in [0.5, 0.6) is 0 Å². The van der Waals surface area contributed by atoms with Crippen molar-refractivity contribution < 1.29 is 18.8 Å². The van der Waals surface area contributed by atoms with Crippen LogP contribution in [0.4, 0.5) is 0 Å². The van der Waals surface area contributed by atoms with Crippen molar-refractivity contribution in [1.29, 1.82) is 0 Å². The first-order valence-electron chi connectivity index (χ1n) is 6.66. The first-order valence-corrected chi connectivity index (χ1v) is 7.04. The quantitative estimate of drug-likeness (QED) is 0.826. The summed E-state index contributed by atoms with van der Waals surface area (Å²) in [5.41, 5.74) is 1.03. The Hall–Kier alpha value is -2.34. The molecule has 7 heteroatoms. The number of carbonyl (C=O) groups excluding carboxylic acids is 2. The van der Waals surface area contributed by atoms with Crippen molar-refractivity contribution in [3.05, 3.63) is 52.4 Å². The summed E-state index contributed by atoms with van der Waals surface area (Å²) in [7, 11) is 0. The van der Waals surface area contributed by atoms with Crippen LogP contribution >= 0.6 is 11.6 Å². The van der Waals surface area contributed by atoms with Crippen molar-refractivity contribution in [2.24, 2.45) is 0 Å². The van der Waals surface area contributed by atoms with Crippen LogP contribution in [0.1, 0.15) is 28.2 Å². The van der Waals surface area contributed by atoms with Gasteiger partial charge in [-0.2, -0.15) is 0 Å². The molecule has 1 aromatic carbocycles. The maximum absolute atomic E-state index is 11.8. The number of aromatic nitrogens is 1. The van der Waals surface area contributed by atoms with Crippen molar-refractivity contribution >= 4 is 23.5 Å². The molecule has 0 saturated carbocycles. The fraction of sp³-hybridized carbons (Fsp3) is 0.267. The summed E-state index contributed by atoms with van der Waals surface area (Å²) in [5.74, 6) is -0.0325. The number of ether oxygens (including phenoxy) is 1. The largest absolute Gasteiger partial charge is 0.459 e. The highest BCUT2D eigenvalue weighted by Gasteiger charge is 2.08. The summed E-state index contributed by atoms with van der Waals surface area (Å²) >= 11 is 5.74. The zero-order valence-electron chi connectivity index (χ0n) is 12.0. The molecule has 0 aliphatic heterocycles. The van der Waals surface area contributed by atoms with E-state index in [9.17, 15) is 9.59 Å². The molecule has 2 rings (SSSR count). The number of amides is 1. The van der Waals surface area contributed by atoms with Gasteiger partial charge in [0.15, 0.2) is 0 Å². The molecule has 22 heavy (non-hydrogen) atoms. The molecule has 0 atom stereocenters. The van der Waals surface area contributed by atoms with Crippen LogP contribution in [0.3, 0.4) is 0 Å². The summed E-state index contributed by atoms with van der Waals surface area (Å²) in [6.45, 7) is 2.00. The highest BCUT2D eigenvalue weighted by Crippen LogP contribution is 2.09. The predicted octanol–water partition coefficient (Wildman–Crippen LogP) is 2.50. The Morgan fingerprint density at radius 2 is 2.05 bits per heavy atom. The molecule has 116 valence electrons. The molecule has 0 bridgehead atoms. The normalized spacial score (nSPS) is 10.3. The molecule has 6 nitrogen and oxygen atoms in total. The van der Waals surface area contributed by atoms with Crippen LogP contribution in [-0.2, 0) is 16.1 Å². The lowest BCUT2D eigenvalue weighted by atomic mass is 10.2. The zero-order valence-corrected chi connectivity index (χ0v) is 12.7. The predicted molar refractivity (Wildman–Crippen MR) is 79.4 cm³/mol. The van der Waals surface area contributed by atoms with Crippen molar-refractivity contribution in [3.8, 4) is 0 Å². The van der Waals surface area contributed by atoms with Gasteiger partial charge < -0.3 is 14.6 Å². The Bertz CT molecular complexity index is 652. The molecule has 0 fully saturated rings. The third-order valence-electron chi connectivity index (χ3n) is 2.78. The van der Waals surface area contributed by atoms with Gasteiger partial charge in [-0.05, 0) is 31.2 Å². The average Bonchev–Trinajstić information content (AvgIpc) is 2.91. The van der Waals surface area contributed by atoms with Gasteiger partial charge in [-0.25, -0.2) is 0 Å². The minimum Gasteiger partial charge on any atom is -0.459 e. The third-order valence-corrected chi connectivity index (χ3v) is 3.03. The van der Waals surface area contributed by atoms with Gasteiger partial charge in [0.25, 0.3) is 5.91 Å². The summed E-state index contributed by atoms with van der Waals surface area (Å²) in [6, 6.07) is 8.18. The number of benzene rings is 1. The first-order chi connectivity index (χ1) is 10.5. The molecular formula is C15H15ClN2O4. The number of nitrogens with one attached hydrogen (secondary N) is 1. The number of aryl methyl sites for hydroxylation is 1. The standard InChI is InChI=1S/C15H15ClN2O4/c1-10-8-13(18-22-10)9-21-14(19)6-7-17-15(20)11-2-4-12(16)5-3-11/h2-5,8H,6-7,9H2,1H3,(H,17,20). The zero-order chi connectivity index (χ0) is 15.9. The molecule has 1 aromatic heterocycles. The van der Waals surface area contributed by atoms with Gasteiger partial charge in [0.2, 0.25) is 0 Å². The van der Waals surface area contributed by atoms with E-state index in [0.717, 1.165) is 0 Å². The van der Waals surface area contributed by atoms with E-state index in [1.165, 1.54) is 0 Å². The van der Waals surface area contributed by atoms with Gasteiger partial charge in [0, 0.05) is 23.2 Å². The van der Waals surface area contributed by atoms with E-state index >= 15 is 0 Å². The molecule has 1 heterocycles. The molecular weight excluding hydrogens is 308 g/mol. The summed E-state index contributed by atoms with van der Waals surface area (Å²) in [6.07, 6.45) is 0.0795. The van der Waals surface area contributed by atoms with Gasteiger partial charge in [0.1, 0.15) is 18.1 Å². The molecule has 0 radical (unpaired) electrons. The van der Waals surface area contributed by atoms with E-state index in [4.69, 9.17) is 20.9 Å². The second-order valence-electron chi connectivity index (χ2n) is 4.60. The van der Waals surface area contributed by atoms with Crippen molar-refractivity contribution in [3.63, 3.8) is 0 Å². The molecule has 0 unspecified atom stereocenters. The highest BCUT2D eigenvalue weighted by molar-refractivity contribution is 6.30. The van der Waals surface area contributed by atoms with E-state index < -0.39 is 5.97 Å². The molecule has 0 saturated heterocycles. The number of rotatable bonds is 6. The van der Waals surface area contributed by atoms with Crippen LogP contribution in [-0.4, -0.2) is 23.6 Å². The van der Waals surface area contributed by atoms with E-state index in [1.54, 1.807) is 37.3 Å². The second-order valence-corrected chi connectivity index (χ2v) is 5.04. The topological polar surface area (TPSA) is 81.4 Å². The van der Waals surface area contributed by atoms with Gasteiger partial charge in [-0.1, -0.05) is 16.8 Å². The lowest BCUT2D eigenvalue weighted by Gasteiger charge is -2.05. The molecule has 1 N–H and O–H groups in total. The van der Waals surface area contributed by atoms with Gasteiger partial charge in [-0.3, -0.25) is 9.59 Å². The lowest BCUT2D eigenvalue weighted by molar-refractivity contribution is -0.144. The Balaban J connectivity index is 1.68. The van der Waals surface area contributed by atoms with Crippen molar-refractivity contribution in [1.82, 2.24) is 10.5 Å². The van der Waals surface area contributed by atoms with Crippen LogP contribution in [0.2, 0.25) is 5.02 Å². The van der Waals surface area contributed by atoms with Crippen LogP contribution < -0.4 is 5.32 Å². The number of nitrogens with zero attached hydrogens (tertiary/aromatic N) is 1. The van der Waals surface area contributed by atoms with Gasteiger partial charge in [-0.15, -0.1) is 0 Å². The SMILES string of the molecule is Cc1cc(COC(=O)CCNC(=O)c2ccc(Cl)cc2)no1. The molecule has 0 aliphatic carbocycles. The maximum atomic E-state index is 11.8. The number of halogens is 1. The second kappa shape index (κ2) is 7.61. The number of carbonyl (C=O) groups is 2. The first kappa shape index (κ1) is 16.0. The molecule has 2 aromatic rings. The number of hydrogen-bond acceptors (Lipinski definition) is 5. The fourth-order valence-electron chi connectivity index (χ4n) is 1.69. The lowest BCUT2D eigenvalue weighted by Crippen LogP contribution is -2.26. The number of hydrogen-bond donors (Lipinski definition) is 1. The molecule has 1 amide bonds. The fourth-order valence-corrected chi connectivity index (χ4v) is 1.82. The van der Waals surface area contributed by atoms with Crippen molar-refractivity contribution in [2.45, 2.75) is 20.0 Å². The monoisotopic (exact) mass is 322 g/mol. The molecule has 0 aliphatic rings. The van der Waals surface area contributed by atoms with E-state index in [2.05, 4.69) is 10.5 Å². The third kappa shape index (κ3) is 4.89. The highest BCUT2D eigenvalue weighted by atomic mass is 35.5. The smallest absolute Gasteiger partial charge is 0.307 e.